The molecule has 90 valence electrons. The highest BCUT2D eigenvalue weighted by Gasteiger charge is 2.22. The fraction of sp³-hybridized carbons (Fsp3) is 0.556. The normalized spacial score (nSPS) is 12.1. The SMILES string of the molecule is CC(C)c1cc(=O)n(CC(Cl)(Cl)Cl)c(=O)[nH]1. The Kier molecular flexibility index (Phi) is 4.10. The minimum atomic E-state index is -1.67. The molecule has 1 aromatic heterocycles. The molecule has 0 aliphatic rings. The maximum Gasteiger partial charge on any atom is 0.328 e. The molecular formula is C9H11Cl3N2O2. The number of hydrogen-bond acceptors (Lipinski definition) is 2. The Hall–Kier alpha value is -0.450. The highest BCUT2D eigenvalue weighted by molar-refractivity contribution is 6.67. The molecule has 0 amide bonds. The lowest BCUT2D eigenvalue weighted by Crippen LogP contribution is -2.39. The van der Waals surface area contributed by atoms with Gasteiger partial charge in [0.1, 0.15) is 0 Å². The first-order valence-electron chi connectivity index (χ1n) is 4.61. The van der Waals surface area contributed by atoms with Gasteiger partial charge in [-0.3, -0.25) is 9.36 Å². The van der Waals surface area contributed by atoms with Gasteiger partial charge >= 0.3 is 5.69 Å². The zero-order chi connectivity index (χ0) is 12.5. The van der Waals surface area contributed by atoms with Gasteiger partial charge in [0.2, 0.25) is 3.79 Å². The monoisotopic (exact) mass is 284 g/mol. The van der Waals surface area contributed by atoms with E-state index < -0.39 is 15.0 Å². The van der Waals surface area contributed by atoms with Crippen LogP contribution in [0.25, 0.3) is 0 Å². The highest BCUT2D eigenvalue weighted by Crippen LogP contribution is 2.26. The van der Waals surface area contributed by atoms with Crippen molar-refractivity contribution < 1.29 is 0 Å². The molecule has 7 heteroatoms. The van der Waals surface area contributed by atoms with E-state index in [2.05, 4.69) is 4.98 Å². The van der Waals surface area contributed by atoms with E-state index in [1.165, 1.54) is 6.07 Å². The second kappa shape index (κ2) is 4.82. The van der Waals surface area contributed by atoms with E-state index in [4.69, 9.17) is 34.8 Å². The average molecular weight is 286 g/mol. The van der Waals surface area contributed by atoms with Crippen molar-refractivity contribution in [2.24, 2.45) is 0 Å². The lowest BCUT2D eigenvalue weighted by atomic mass is 10.1. The van der Waals surface area contributed by atoms with Crippen LogP contribution in [0.5, 0.6) is 0 Å². The summed E-state index contributed by atoms with van der Waals surface area (Å²) in [4.78, 5) is 25.8. The number of H-pyrrole nitrogens is 1. The number of nitrogens with zero attached hydrogens (tertiary/aromatic N) is 1. The molecule has 0 fully saturated rings. The molecule has 0 atom stereocenters. The van der Waals surface area contributed by atoms with E-state index in [0.717, 1.165) is 4.57 Å². The van der Waals surface area contributed by atoms with Gasteiger partial charge in [0.05, 0.1) is 6.54 Å². The van der Waals surface area contributed by atoms with Gasteiger partial charge in [-0.25, -0.2) is 4.79 Å². The van der Waals surface area contributed by atoms with Crippen LogP contribution < -0.4 is 11.2 Å². The number of halogens is 3. The summed E-state index contributed by atoms with van der Waals surface area (Å²) in [6.07, 6.45) is 0. The fourth-order valence-electron chi connectivity index (χ4n) is 1.18. The standard InChI is InChI=1S/C9H11Cl3N2O2/c1-5(2)6-3-7(15)14(8(16)13-6)4-9(10,11)12/h3,5H,4H2,1-2H3,(H,13,16). The summed E-state index contributed by atoms with van der Waals surface area (Å²) in [5, 5.41) is 0. The average Bonchev–Trinajstić information content (AvgIpc) is 2.09. The zero-order valence-electron chi connectivity index (χ0n) is 8.76. The molecule has 0 aliphatic heterocycles. The Morgan fingerprint density at radius 1 is 1.38 bits per heavy atom. The summed E-state index contributed by atoms with van der Waals surface area (Å²) < 4.78 is -0.810. The van der Waals surface area contributed by atoms with Gasteiger partial charge in [0.15, 0.2) is 0 Å². The molecule has 1 aromatic rings. The highest BCUT2D eigenvalue weighted by atomic mass is 35.6. The van der Waals surface area contributed by atoms with Crippen LogP contribution in [-0.4, -0.2) is 13.3 Å². The molecule has 0 unspecified atom stereocenters. The predicted molar refractivity (Wildman–Crippen MR) is 65.7 cm³/mol. The lowest BCUT2D eigenvalue weighted by molar-refractivity contribution is 0.624. The van der Waals surface area contributed by atoms with E-state index in [9.17, 15) is 9.59 Å². The van der Waals surface area contributed by atoms with Gasteiger partial charge in [-0.2, -0.15) is 0 Å². The molecule has 0 radical (unpaired) electrons. The van der Waals surface area contributed by atoms with Gasteiger partial charge in [-0.05, 0) is 5.92 Å². The largest absolute Gasteiger partial charge is 0.328 e. The molecule has 1 rings (SSSR count). The van der Waals surface area contributed by atoms with Crippen LogP contribution in [-0.2, 0) is 6.54 Å². The minimum Gasteiger partial charge on any atom is -0.311 e. The first kappa shape index (κ1) is 13.6. The topological polar surface area (TPSA) is 54.9 Å². The molecule has 4 nitrogen and oxygen atoms in total. The molecule has 0 saturated carbocycles. The fourth-order valence-corrected chi connectivity index (χ4v) is 1.54. The molecule has 0 aliphatic carbocycles. The maximum atomic E-state index is 11.6. The second-order valence-corrected chi connectivity index (χ2v) is 6.24. The summed E-state index contributed by atoms with van der Waals surface area (Å²) in [6.45, 7) is 3.46. The Balaban J connectivity index is 3.25. The van der Waals surface area contributed by atoms with Crippen molar-refractivity contribution in [2.45, 2.75) is 30.1 Å². The van der Waals surface area contributed by atoms with Crippen LogP contribution in [0.15, 0.2) is 15.7 Å². The molecule has 0 saturated heterocycles. The number of rotatable bonds is 2. The Morgan fingerprint density at radius 3 is 2.31 bits per heavy atom. The van der Waals surface area contributed by atoms with E-state index in [0.29, 0.717) is 5.69 Å². The third kappa shape index (κ3) is 3.54. The molecular weight excluding hydrogens is 274 g/mol. The van der Waals surface area contributed by atoms with Gasteiger partial charge in [-0.15, -0.1) is 0 Å². The van der Waals surface area contributed by atoms with Crippen molar-refractivity contribution in [1.29, 1.82) is 0 Å². The molecule has 0 spiro atoms. The van der Waals surface area contributed by atoms with Crippen molar-refractivity contribution in [2.75, 3.05) is 0 Å². The number of aromatic amines is 1. The summed E-state index contributed by atoms with van der Waals surface area (Å²) in [5.41, 5.74) is -0.475. The van der Waals surface area contributed by atoms with Crippen LogP contribution in [0.1, 0.15) is 25.5 Å². The van der Waals surface area contributed by atoms with E-state index in [1.807, 2.05) is 13.8 Å². The van der Waals surface area contributed by atoms with E-state index in [-0.39, 0.29) is 12.5 Å². The summed E-state index contributed by atoms with van der Waals surface area (Å²) in [6, 6.07) is 1.34. The summed E-state index contributed by atoms with van der Waals surface area (Å²) in [7, 11) is 0. The van der Waals surface area contributed by atoms with Crippen molar-refractivity contribution in [3.05, 3.63) is 32.6 Å². The smallest absolute Gasteiger partial charge is 0.311 e. The molecule has 1 heterocycles. The van der Waals surface area contributed by atoms with Gasteiger partial charge in [-0.1, -0.05) is 48.7 Å². The van der Waals surface area contributed by atoms with Crippen LogP contribution in [0.4, 0.5) is 0 Å². The third-order valence-corrected chi connectivity index (χ3v) is 2.36. The number of nitrogens with one attached hydrogen (secondary N) is 1. The molecule has 1 N–H and O–H groups in total. The first-order chi connectivity index (χ1) is 7.20. The van der Waals surface area contributed by atoms with Gasteiger partial charge < -0.3 is 4.98 Å². The Morgan fingerprint density at radius 2 is 1.94 bits per heavy atom. The van der Waals surface area contributed by atoms with Crippen LogP contribution in [0.3, 0.4) is 0 Å². The minimum absolute atomic E-state index is 0.0582. The lowest BCUT2D eigenvalue weighted by Gasteiger charge is -2.13. The van der Waals surface area contributed by atoms with Crippen molar-refractivity contribution in [3.8, 4) is 0 Å². The van der Waals surface area contributed by atoms with Crippen molar-refractivity contribution >= 4 is 34.8 Å². The van der Waals surface area contributed by atoms with Crippen LogP contribution in [0.2, 0.25) is 0 Å². The first-order valence-corrected chi connectivity index (χ1v) is 5.75. The van der Waals surface area contributed by atoms with Crippen LogP contribution in [0, 0.1) is 0 Å². The predicted octanol–water partition coefficient (Wildman–Crippen LogP) is 2.03. The van der Waals surface area contributed by atoms with Gasteiger partial charge in [0, 0.05) is 11.8 Å². The zero-order valence-corrected chi connectivity index (χ0v) is 11.0. The number of hydrogen-bond donors (Lipinski definition) is 1. The molecule has 0 bridgehead atoms. The number of aromatic nitrogens is 2. The maximum absolute atomic E-state index is 11.6. The van der Waals surface area contributed by atoms with Crippen LogP contribution >= 0.6 is 34.8 Å². The second-order valence-electron chi connectivity index (χ2n) is 3.72. The van der Waals surface area contributed by atoms with E-state index in [1.54, 1.807) is 0 Å². The molecule has 16 heavy (non-hydrogen) atoms. The van der Waals surface area contributed by atoms with Crippen molar-refractivity contribution in [3.63, 3.8) is 0 Å². The quantitative estimate of drug-likeness (QED) is 0.845. The summed E-state index contributed by atoms with van der Waals surface area (Å²) >= 11 is 16.6. The summed E-state index contributed by atoms with van der Waals surface area (Å²) in [5.74, 6) is 0.0582. The van der Waals surface area contributed by atoms with Gasteiger partial charge in [0.25, 0.3) is 5.56 Å². The Labute approximate surface area is 107 Å². The number of alkyl halides is 3. The molecule has 0 aromatic carbocycles. The third-order valence-electron chi connectivity index (χ3n) is 2.00. The van der Waals surface area contributed by atoms with E-state index >= 15 is 0 Å². The van der Waals surface area contributed by atoms with Crippen molar-refractivity contribution in [1.82, 2.24) is 9.55 Å². The Bertz CT molecular complexity index is 454.